The van der Waals surface area contributed by atoms with Crippen LogP contribution < -0.4 is 18.9 Å². The van der Waals surface area contributed by atoms with Crippen molar-refractivity contribution in [1.29, 1.82) is 0 Å². The Balaban J connectivity index is 1.63. The molecule has 1 atom stereocenters. The second kappa shape index (κ2) is 10.2. The molecule has 2 aromatic carbocycles. The molecule has 1 unspecified atom stereocenters. The van der Waals surface area contributed by atoms with Crippen molar-refractivity contribution in [2.45, 2.75) is 12.5 Å². The molecule has 0 saturated heterocycles. The molecule has 0 bridgehead atoms. The highest BCUT2D eigenvalue weighted by atomic mass is 16.5. The van der Waals surface area contributed by atoms with Crippen LogP contribution in [0.25, 0.3) is 6.08 Å². The maximum absolute atomic E-state index is 13.2. The second-order valence-electron chi connectivity index (χ2n) is 7.54. The maximum atomic E-state index is 13.2. The number of ether oxygens (including phenoxy) is 4. The average molecular weight is 450 g/mol. The van der Waals surface area contributed by atoms with Crippen molar-refractivity contribution in [1.82, 2.24) is 4.90 Å². The van der Waals surface area contributed by atoms with Crippen LogP contribution in [0.5, 0.6) is 23.0 Å². The highest BCUT2D eigenvalue weighted by Gasteiger charge is 2.32. The van der Waals surface area contributed by atoms with Gasteiger partial charge in [-0.3, -0.25) is 4.79 Å². The van der Waals surface area contributed by atoms with Gasteiger partial charge in [0, 0.05) is 12.6 Å². The fraction of sp³-hybridized carbons (Fsp3) is 0.269. The first-order valence-electron chi connectivity index (χ1n) is 10.7. The smallest absolute Gasteiger partial charge is 0.247 e. The molecule has 3 aromatic rings. The zero-order valence-electron chi connectivity index (χ0n) is 18.9. The molecule has 0 fully saturated rings. The summed E-state index contributed by atoms with van der Waals surface area (Å²) in [5.74, 6) is 3.24. The van der Waals surface area contributed by atoms with Gasteiger partial charge in [-0.15, -0.1) is 0 Å². The highest BCUT2D eigenvalue weighted by molar-refractivity contribution is 5.92. The van der Waals surface area contributed by atoms with E-state index in [4.69, 9.17) is 23.4 Å². The van der Waals surface area contributed by atoms with Crippen molar-refractivity contribution in [2.24, 2.45) is 0 Å². The molecule has 1 aliphatic heterocycles. The average Bonchev–Trinajstić information content (AvgIpc) is 3.38. The molecule has 0 radical (unpaired) electrons. The fourth-order valence-corrected chi connectivity index (χ4v) is 3.95. The summed E-state index contributed by atoms with van der Waals surface area (Å²) >= 11 is 0. The Bertz CT molecular complexity index is 1100. The van der Waals surface area contributed by atoms with Gasteiger partial charge in [0.05, 0.1) is 33.6 Å². The van der Waals surface area contributed by atoms with Crippen molar-refractivity contribution in [3.63, 3.8) is 0 Å². The van der Waals surface area contributed by atoms with Gasteiger partial charge in [-0.1, -0.05) is 0 Å². The van der Waals surface area contributed by atoms with Crippen LogP contribution in [0.4, 0.5) is 0 Å². The second-order valence-corrected chi connectivity index (χ2v) is 7.54. The van der Waals surface area contributed by atoms with Crippen molar-refractivity contribution >= 4 is 12.0 Å². The summed E-state index contributed by atoms with van der Waals surface area (Å²) in [4.78, 5) is 15.0. The van der Waals surface area contributed by atoms with Gasteiger partial charge in [0.1, 0.15) is 23.9 Å². The van der Waals surface area contributed by atoms with E-state index in [0.29, 0.717) is 36.0 Å². The van der Waals surface area contributed by atoms with Crippen LogP contribution in [0.1, 0.15) is 22.9 Å². The molecule has 1 amide bonds. The Hall–Kier alpha value is -3.87. The van der Waals surface area contributed by atoms with E-state index in [-0.39, 0.29) is 18.6 Å². The molecule has 0 saturated carbocycles. The first kappa shape index (κ1) is 22.3. The van der Waals surface area contributed by atoms with E-state index >= 15 is 0 Å². The zero-order valence-corrected chi connectivity index (χ0v) is 18.9. The van der Waals surface area contributed by atoms with Gasteiger partial charge in [0.15, 0.2) is 11.5 Å². The number of benzene rings is 2. The number of carbonyl (C=O) groups excluding carboxylic acids is 1. The predicted octanol–water partition coefficient (Wildman–Crippen LogP) is 4.52. The van der Waals surface area contributed by atoms with Crippen LogP contribution in [-0.2, 0) is 11.2 Å². The van der Waals surface area contributed by atoms with Crippen LogP contribution >= 0.6 is 0 Å². The number of carbonyl (C=O) groups is 1. The molecule has 33 heavy (non-hydrogen) atoms. The molecule has 7 heteroatoms. The number of amides is 1. The van der Waals surface area contributed by atoms with Crippen molar-refractivity contribution < 1.29 is 28.2 Å². The Morgan fingerprint density at radius 1 is 1.03 bits per heavy atom. The van der Waals surface area contributed by atoms with Crippen LogP contribution in [0.15, 0.2) is 65.3 Å². The van der Waals surface area contributed by atoms with Gasteiger partial charge >= 0.3 is 0 Å². The van der Waals surface area contributed by atoms with Gasteiger partial charge in [0.2, 0.25) is 5.91 Å². The molecule has 1 aromatic heterocycles. The van der Waals surface area contributed by atoms with Gasteiger partial charge in [-0.05, 0) is 72.2 Å². The van der Waals surface area contributed by atoms with E-state index in [0.717, 1.165) is 16.9 Å². The minimum Gasteiger partial charge on any atom is -0.497 e. The summed E-state index contributed by atoms with van der Waals surface area (Å²) in [5, 5.41) is 0. The van der Waals surface area contributed by atoms with Crippen molar-refractivity contribution in [3.05, 3.63) is 77.8 Å². The highest BCUT2D eigenvalue weighted by Crippen LogP contribution is 2.38. The topological polar surface area (TPSA) is 70.4 Å². The summed E-state index contributed by atoms with van der Waals surface area (Å²) in [5.41, 5.74) is 2.09. The van der Waals surface area contributed by atoms with Gasteiger partial charge < -0.3 is 28.3 Å². The van der Waals surface area contributed by atoms with E-state index < -0.39 is 0 Å². The summed E-state index contributed by atoms with van der Waals surface area (Å²) in [6, 6.07) is 14.6. The number of hydrogen-bond donors (Lipinski definition) is 0. The lowest BCUT2D eigenvalue weighted by molar-refractivity contribution is -0.129. The minimum absolute atomic E-state index is 0.116. The third-order valence-corrected chi connectivity index (χ3v) is 5.69. The molecule has 172 valence electrons. The number of rotatable bonds is 8. The third-order valence-electron chi connectivity index (χ3n) is 5.69. The number of hydrogen-bond acceptors (Lipinski definition) is 6. The Kier molecular flexibility index (Phi) is 6.88. The third kappa shape index (κ3) is 4.98. The standard InChI is InChI=1S/C26H27NO6/c1-29-19-6-8-21(9-7-19)33-17-23-22-16-25(31-3)24(30-2)15-18(22)12-13-27(23)26(28)11-10-20-5-4-14-32-20/h4-11,14-16,23H,12-13,17H2,1-3H3. The van der Waals surface area contributed by atoms with Crippen molar-refractivity contribution in [2.75, 3.05) is 34.5 Å². The predicted molar refractivity (Wildman–Crippen MR) is 124 cm³/mol. The first-order chi connectivity index (χ1) is 16.1. The van der Waals surface area contributed by atoms with Gasteiger partial charge in [-0.25, -0.2) is 0 Å². The molecule has 4 rings (SSSR count). The summed E-state index contributed by atoms with van der Waals surface area (Å²) < 4.78 is 27.6. The van der Waals surface area contributed by atoms with Crippen LogP contribution in [0, 0.1) is 0 Å². The summed E-state index contributed by atoms with van der Waals surface area (Å²) in [6.07, 6.45) is 5.49. The lowest BCUT2D eigenvalue weighted by Gasteiger charge is -2.37. The van der Waals surface area contributed by atoms with E-state index in [2.05, 4.69) is 0 Å². The molecule has 1 aliphatic rings. The molecule has 2 heterocycles. The molecular weight excluding hydrogens is 422 g/mol. The van der Waals surface area contributed by atoms with E-state index in [1.54, 1.807) is 45.8 Å². The largest absolute Gasteiger partial charge is 0.497 e. The molecular formula is C26H27NO6. The number of nitrogens with zero attached hydrogens (tertiary/aromatic N) is 1. The summed E-state index contributed by atoms with van der Waals surface area (Å²) in [7, 11) is 4.84. The van der Waals surface area contributed by atoms with Gasteiger partial charge in [0.25, 0.3) is 0 Å². The van der Waals surface area contributed by atoms with Gasteiger partial charge in [-0.2, -0.15) is 0 Å². The molecule has 7 nitrogen and oxygen atoms in total. The summed E-state index contributed by atoms with van der Waals surface area (Å²) in [6.45, 7) is 0.843. The lowest BCUT2D eigenvalue weighted by atomic mass is 9.92. The molecule has 0 N–H and O–H groups in total. The lowest BCUT2D eigenvalue weighted by Crippen LogP contribution is -2.41. The molecule has 0 spiro atoms. The number of methoxy groups -OCH3 is 3. The van der Waals surface area contributed by atoms with Crippen LogP contribution in [0.2, 0.25) is 0 Å². The Morgan fingerprint density at radius 3 is 2.42 bits per heavy atom. The fourth-order valence-electron chi connectivity index (χ4n) is 3.95. The Morgan fingerprint density at radius 2 is 1.76 bits per heavy atom. The Labute approximate surface area is 193 Å². The normalized spacial score (nSPS) is 15.2. The van der Waals surface area contributed by atoms with E-state index in [1.165, 1.54) is 6.08 Å². The van der Waals surface area contributed by atoms with E-state index in [1.807, 2.05) is 41.3 Å². The van der Waals surface area contributed by atoms with E-state index in [9.17, 15) is 4.79 Å². The first-order valence-corrected chi connectivity index (χ1v) is 10.7. The maximum Gasteiger partial charge on any atom is 0.247 e. The van der Waals surface area contributed by atoms with Crippen LogP contribution in [-0.4, -0.2) is 45.3 Å². The SMILES string of the molecule is COc1ccc(OCC2c3cc(OC)c(OC)cc3CCN2C(=O)C=Cc2ccco2)cc1. The van der Waals surface area contributed by atoms with Crippen LogP contribution in [0.3, 0.4) is 0 Å². The monoisotopic (exact) mass is 449 g/mol. The zero-order chi connectivity index (χ0) is 23.2. The van der Waals surface area contributed by atoms with Crippen molar-refractivity contribution in [3.8, 4) is 23.0 Å². The number of furan rings is 1. The molecule has 0 aliphatic carbocycles. The minimum atomic E-state index is -0.301. The quantitative estimate of drug-likeness (QED) is 0.471. The number of fused-ring (bicyclic) bond motifs is 1.